The fourth-order valence-corrected chi connectivity index (χ4v) is 4.95. The molecule has 2 rings (SSSR count). The van der Waals surface area contributed by atoms with Gasteiger partial charge in [0.2, 0.25) is 0 Å². The Balaban J connectivity index is 1.99. The number of likely N-dealkylation sites (N-methyl/N-ethyl adjacent to an activating group) is 1. The summed E-state index contributed by atoms with van der Waals surface area (Å²) in [5, 5.41) is 10.5. The van der Waals surface area contributed by atoms with Crippen molar-refractivity contribution in [2.75, 3.05) is 46.3 Å². The van der Waals surface area contributed by atoms with Crippen LogP contribution in [0.4, 0.5) is 0 Å². The summed E-state index contributed by atoms with van der Waals surface area (Å²) in [6, 6.07) is 9.97. The summed E-state index contributed by atoms with van der Waals surface area (Å²) in [5.74, 6) is 0.207. The Morgan fingerprint density at radius 1 is 1.08 bits per heavy atom. The minimum absolute atomic E-state index is 0.152. The van der Waals surface area contributed by atoms with E-state index in [-0.39, 0.29) is 12.5 Å². The number of aliphatic hydroxyl groups excluding tert-OH is 1. The molecule has 0 spiro atoms. The van der Waals surface area contributed by atoms with E-state index in [4.69, 9.17) is 0 Å². The topological polar surface area (TPSA) is 64.1 Å². The van der Waals surface area contributed by atoms with Crippen molar-refractivity contribution in [2.24, 2.45) is 5.92 Å². The molecular formula is C19H33N3O3S. The van der Waals surface area contributed by atoms with Crippen molar-refractivity contribution in [2.45, 2.75) is 32.8 Å². The van der Waals surface area contributed by atoms with Crippen LogP contribution in [-0.4, -0.2) is 79.5 Å². The molecule has 1 atom stereocenters. The summed E-state index contributed by atoms with van der Waals surface area (Å²) in [7, 11) is -1.54. The van der Waals surface area contributed by atoms with Crippen LogP contribution in [0.15, 0.2) is 30.3 Å². The molecule has 1 heterocycles. The quantitative estimate of drug-likeness (QED) is 0.701. The van der Waals surface area contributed by atoms with Gasteiger partial charge in [-0.1, -0.05) is 44.2 Å². The molecular weight excluding hydrogens is 350 g/mol. The van der Waals surface area contributed by atoms with E-state index in [9.17, 15) is 13.5 Å². The van der Waals surface area contributed by atoms with Crippen LogP contribution in [0, 0.1) is 5.92 Å². The van der Waals surface area contributed by atoms with Gasteiger partial charge in [-0.15, -0.1) is 0 Å². The Kier molecular flexibility index (Phi) is 8.04. The van der Waals surface area contributed by atoms with E-state index in [2.05, 4.69) is 4.90 Å². The molecule has 1 aromatic rings. The molecule has 1 fully saturated rings. The zero-order valence-corrected chi connectivity index (χ0v) is 17.0. The van der Waals surface area contributed by atoms with Gasteiger partial charge in [-0.2, -0.15) is 17.0 Å². The van der Waals surface area contributed by atoms with Gasteiger partial charge in [-0.05, 0) is 31.4 Å². The number of aryl methyl sites for hydroxylation is 1. The van der Waals surface area contributed by atoms with Crippen LogP contribution in [0.25, 0.3) is 0 Å². The summed E-state index contributed by atoms with van der Waals surface area (Å²) in [6.45, 7) is 7.08. The minimum Gasteiger partial charge on any atom is -0.392 e. The average Bonchev–Trinajstić information content (AvgIpc) is 2.60. The second-order valence-electron chi connectivity index (χ2n) is 7.60. The first-order valence-electron chi connectivity index (χ1n) is 9.44. The van der Waals surface area contributed by atoms with Crippen LogP contribution in [0.5, 0.6) is 0 Å². The van der Waals surface area contributed by atoms with Crippen molar-refractivity contribution in [3.05, 3.63) is 35.9 Å². The predicted molar refractivity (Wildman–Crippen MR) is 105 cm³/mol. The van der Waals surface area contributed by atoms with E-state index in [1.165, 1.54) is 4.31 Å². The van der Waals surface area contributed by atoms with Crippen molar-refractivity contribution < 1.29 is 13.5 Å². The van der Waals surface area contributed by atoms with E-state index in [0.717, 1.165) is 25.1 Å². The summed E-state index contributed by atoms with van der Waals surface area (Å²) in [6.07, 6.45) is 0.624. The van der Waals surface area contributed by atoms with Crippen LogP contribution >= 0.6 is 0 Å². The second kappa shape index (κ2) is 9.80. The first-order chi connectivity index (χ1) is 12.3. The molecule has 1 aliphatic heterocycles. The van der Waals surface area contributed by atoms with Crippen LogP contribution in [0.2, 0.25) is 0 Å². The van der Waals surface area contributed by atoms with E-state index in [1.807, 2.05) is 51.2 Å². The molecule has 1 aliphatic rings. The molecule has 0 aromatic heterocycles. The van der Waals surface area contributed by atoms with Gasteiger partial charge in [0, 0.05) is 39.3 Å². The standard InChI is InChI=1S/C19H33N3O3S/c1-17(2)15-22(26(24,25)21-13-11-20(3)12-14-21)16-19(23)10-9-18-7-5-4-6-8-18/h4-8,17,19,23H,9-16H2,1-3H3/t19-/m1/s1. The van der Waals surface area contributed by atoms with Gasteiger partial charge in [0.1, 0.15) is 0 Å². The lowest BCUT2D eigenvalue weighted by Gasteiger charge is -2.36. The number of hydrogen-bond donors (Lipinski definition) is 1. The highest BCUT2D eigenvalue weighted by Crippen LogP contribution is 2.16. The highest BCUT2D eigenvalue weighted by Gasteiger charge is 2.33. The van der Waals surface area contributed by atoms with Gasteiger partial charge in [-0.25, -0.2) is 0 Å². The lowest BCUT2D eigenvalue weighted by molar-refractivity contribution is 0.127. The predicted octanol–water partition coefficient (Wildman–Crippen LogP) is 1.43. The minimum atomic E-state index is -3.54. The number of hydrogen-bond acceptors (Lipinski definition) is 4. The average molecular weight is 384 g/mol. The van der Waals surface area contributed by atoms with Crippen LogP contribution < -0.4 is 0 Å². The van der Waals surface area contributed by atoms with Gasteiger partial charge in [-0.3, -0.25) is 0 Å². The summed E-state index contributed by atoms with van der Waals surface area (Å²) in [5.41, 5.74) is 1.16. The summed E-state index contributed by atoms with van der Waals surface area (Å²) >= 11 is 0. The van der Waals surface area contributed by atoms with Gasteiger partial charge in [0.25, 0.3) is 10.2 Å². The Morgan fingerprint density at radius 3 is 2.27 bits per heavy atom. The van der Waals surface area contributed by atoms with Crippen molar-refractivity contribution in [3.8, 4) is 0 Å². The van der Waals surface area contributed by atoms with Crippen LogP contribution in [0.1, 0.15) is 25.8 Å². The molecule has 1 saturated heterocycles. The van der Waals surface area contributed by atoms with Gasteiger partial charge in [0.05, 0.1) is 6.10 Å². The molecule has 0 saturated carbocycles. The molecule has 6 nitrogen and oxygen atoms in total. The molecule has 0 unspecified atom stereocenters. The lowest BCUT2D eigenvalue weighted by Crippen LogP contribution is -2.53. The van der Waals surface area contributed by atoms with Crippen molar-refractivity contribution in [1.82, 2.24) is 13.5 Å². The number of nitrogens with zero attached hydrogens (tertiary/aromatic N) is 3. The molecule has 0 bridgehead atoms. The number of benzene rings is 1. The molecule has 1 aromatic carbocycles. The SMILES string of the molecule is CC(C)CN(C[C@H](O)CCc1ccccc1)S(=O)(=O)N1CCN(C)CC1. The Labute approximate surface area is 158 Å². The summed E-state index contributed by atoms with van der Waals surface area (Å²) < 4.78 is 29.1. The maximum absolute atomic E-state index is 13.1. The fourth-order valence-electron chi connectivity index (χ4n) is 3.16. The highest BCUT2D eigenvalue weighted by molar-refractivity contribution is 7.86. The monoisotopic (exact) mass is 383 g/mol. The van der Waals surface area contributed by atoms with E-state index in [1.54, 1.807) is 4.31 Å². The highest BCUT2D eigenvalue weighted by atomic mass is 32.2. The molecule has 0 aliphatic carbocycles. The van der Waals surface area contributed by atoms with Crippen LogP contribution in [0.3, 0.4) is 0 Å². The first-order valence-corrected chi connectivity index (χ1v) is 10.8. The van der Waals surface area contributed by atoms with Crippen molar-refractivity contribution in [3.63, 3.8) is 0 Å². The second-order valence-corrected chi connectivity index (χ2v) is 9.53. The van der Waals surface area contributed by atoms with Gasteiger partial charge >= 0.3 is 0 Å². The first kappa shape index (κ1) is 21.3. The Morgan fingerprint density at radius 2 is 1.69 bits per heavy atom. The smallest absolute Gasteiger partial charge is 0.282 e. The molecule has 148 valence electrons. The number of aliphatic hydroxyl groups is 1. The van der Waals surface area contributed by atoms with Gasteiger partial charge in [0.15, 0.2) is 0 Å². The molecule has 1 N–H and O–H groups in total. The molecule has 0 radical (unpaired) electrons. The third-order valence-electron chi connectivity index (χ3n) is 4.71. The van der Waals surface area contributed by atoms with Crippen molar-refractivity contribution in [1.29, 1.82) is 0 Å². The largest absolute Gasteiger partial charge is 0.392 e. The fraction of sp³-hybridized carbons (Fsp3) is 0.684. The van der Waals surface area contributed by atoms with Gasteiger partial charge < -0.3 is 10.0 Å². The molecule has 7 heteroatoms. The number of rotatable bonds is 9. The third-order valence-corrected chi connectivity index (χ3v) is 6.68. The van der Waals surface area contributed by atoms with E-state index in [0.29, 0.717) is 26.1 Å². The lowest BCUT2D eigenvalue weighted by atomic mass is 10.1. The Bertz CT molecular complexity index is 629. The Hall–Kier alpha value is -0.990. The third kappa shape index (κ3) is 6.32. The normalized spacial score (nSPS) is 18.5. The maximum atomic E-state index is 13.1. The van der Waals surface area contributed by atoms with Crippen molar-refractivity contribution >= 4 is 10.2 Å². The van der Waals surface area contributed by atoms with E-state index >= 15 is 0 Å². The van der Waals surface area contributed by atoms with E-state index < -0.39 is 16.3 Å². The number of piperazine rings is 1. The molecule has 0 amide bonds. The van der Waals surface area contributed by atoms with Crippen LogP contribution in [-0.2, 0) is 16.6 Å². The maximum Gasteiger partial charge on any atom is 0.282 e. The summed E-state index contributed by atoms with van der Waals surface area (Å²) in [4.78, 5) is 2.13. The zero-order valence-electron chi connectivity index (χ0n) is 16.2. The zero-order chi connectivity index (χ0) is 19.2. The molecule has 26 heavy (non-hydrogen) atoms.